The van der Waals surface area contributed by atoms with E-state index in [2.05, 4.69) is 12.1 Å². The quantitative estimate of drug-likeness (QED) is 0.741. The molecule has 3 amide bonds. The maximum absolute atomic E-state index is 12.6. The molecule has 3 rings (SSSR count). The molecule has 7 nitrogen and oxygen atoms in total. The lowest BCUT2D eigenvalue weighted by Gasteiger charge is -2.36. The summed E-state index contributed by atoms with van der Waals surface area (Å²) < 4.78 is 4.98. The molecule has 0 unspecified atom stereocenters. The lowest BCUT2D eigenvalue weighted by atomic mass is 9.90. The Labute approximate surface area is 166 Å². The number of piperazine rings is 1. The molecule has 2 saturated heterocycles. The summed E-state index contributed by atoms with van der Waals surface area (Å²) in [6.45, 7) is 4.89. The highest BCUT2D eigenvalue weighted by atomic mass is 16.6. The minimum Gasteiger partial charge on any atom is -0.450 e. The van der Waals surface area contributed by atoms with Gasteiger partial charge in [0.05, 0.1) is 6.61 Å². The number of carbonyl (C=O) groups is 3. The van der Waals surface area contributed by atoms with Gasteiger partial charge in [-0.05, 0) is 37.7 Å². The third kappa shape index (κ3) is 5.03. The fourth-order valence-corrected chi connectivity index (χ4v) is 3.87. The van der Waals surface area contributed by atoms with E-state index < -0.39 is 11.8 Å². The van der Waals surface area contributed by atoms with Gasteiger partial charge in [0, 0.05) is 39.3 Å². The average Bonchev–Trinajstić information content (AvgIpc) is 2.74. The number of nitrogens with zero attached hydrogens (tertiary/aromatic N) is 3. The molecule has 0 radical (unpaired) electrons. The Morgan fingerprint density at radius 3 is 1.96 bits per heavy atom. The highest BCUT2D eigenvalue weighted by Gasteiger charge is 2.32. The topological polar surface area (TPSA) is 70.2 Å². The number of carbonyl (C=O) groups excluding carboxylic acids is 3. The molecular weight excluding hydrogens is 358 g/mol. The highest BCUT2D eigenvalue weighted by Crippen LogP contribution is 2.22. The summed E-state index contributed by atoms with van der Waals surface area (Å²) >= 11 is 0. The first kappa shape index (κ1) is 20.2. The van der Waals surface area contributed by atoms with Crippen molar-refractivity contribution < 1.29 is 19.1 Å². The normalized spacial score (nSPS) is 18.1. The second-order valence-electron chi connectivity index (χ2n) is 7.40. The minimum atomic E-state index is -0.454. The van der Waals surface area contributed by atoms with Crippen molar-refractivity contribution in [3.05, 3.63) is 35.9 Å². The third-order valence-electron chi connectivity index (χ3n) is 5.54. The van der Waals surface area contributed by atoms with Crippen LogP contribution in [0.25, 0.3) is 0 Å². The van der Waals surface area contributed by atoms with Gasteiger partial charge in [0.1, 0.15) is 0 Å². The van der Waals surface area contributed by atoms with Crippen molar-refractivity contribution in [3.63, 3.8) is 0 Å². The average molecular weight is 387 g/mol. The van der Waals surface area contributed by atoms with Crippen LogP contribution < -0.4 is 0 Å². The predicted molar refractivity (Wildman–Crippen MR) is 105 cm³/mol. The molecule has 2 aliphatic heterocycles. The molecular formula is C21H29N3O4. The van der Waals surface area contributed by atoms with Crippen LogP contribution in [0.4, 0.5) is 4.79 Å². The number of amides is 3. The summed E-state index contributed by atoms with van der Waals surface area (Å²) in [5.41, 5.74) is 1.32. The monoisotopic (exact) mass is 387 g/mol. The van der Waals surface area contributed by atoms with Crippen molar-refractivity contribution in [2.75, 3.05) is 45.9 Å². The standard InChI is InChI=1S/C21H29N3O4/c1-2-28-21(27)24-14-12-23(13-15-24)20(26)19(25)22-10-8-18(9-11-22)16-17-6-4-3-5-7-17/h3-7,18H,2,8-16H2,1H3. The summed E-state index contributed by atoms with van der Waals surface area (Å²) in [5.74, 6) is -0.317. The van der Waals surface area contributed by atoms with E-state index >= 15 is 0 Å². The zero-order valence-corrected chi connectivity index (χ0v) is 16.5. The molecule has 0 bridgehead atoms. The summed E-state index contributed by atoms with van der Waals surface area (Å²) in [7, 11) is 0. The molecule has 0 spiro atoms. The van der Waals surface area contributed by atoms with Crippen LogP contribution in [0.3, 0.4) is 0 Å². The van der Waals surface area contributed by atoms with Gasteiger partial charge in [0.15, 0.2) is 0 Å². The Kier molecular flexibility index (Phi) is 6.90. The second kappa shape index (κ2) is 9.57. The zero-order valence-electron chi connectivity index (χ0n) is 16.5. The fourth-order valence-electron chi connectivity index (χ4n) is 3.87. The largest absolute Gasteiger partial charge is 0.450 e. The number of benzene rings is 1. The molecule has 7 heteroatoms. The van der Waals surface area contributed by atoms with Gasteiger partial charge in [-0.1, -0.05) is 30.3 Å². The van der Waals surface area contributed by atoms with Gasteiger partial charge in [-0.25, -0.2) is 4.79 Å². The molecule has 1 aromatic carbocycles. The van der Waals surface area contributed by atoms with Gasteiger partial charge in [-0.15, -0.1) is 0 Å². The van der Waals surface area contributed by atoms with Crippen LogP contribution in [-0.4, -0.2) is 78.5 Å². The summed E-state index contributed by atoms with van der Waals surface area (Å²) in [6, 6.07) is 10.4. The molecule has 0 aromatic heterocycles. The van der Waals surface area contributed by atoms with Crippen molar-refractivity contribution >= 4 is 17.9 Å². The van der Waals surface area contributed by atoms with E-state index in [-0.39, 0.29) is 6.09 Å². The zero-order chi connectivity index (χ0) is 19.9. The van der Waals surface area contributed by atoms with E-state index in [9.17, 15) is 14.4 Å². The molecule has 0 atom stereocenters. The molecule has 2 heterocycles. The number of hydrogen-bond donors (Lipinski definition) is 0. The number of likely N-dealkylation sites (tertiary alicyclic amines) is 1. The smallest absolute Gasteiger partial charge is 0.409 e. The lowest BCUT2D eigenvalue weighted by molar-refractivity contribution is -0.153. The van der Waals surface area contributed by atoms with E-state index in [0.717, 1.165) is 19.3 Å². The summed E-state index contributed by atoms with van der Waals surface area (Å²) in [4.78, 5) is 41.7. The molecule has 1 aromatic rings. The summed E-state index contributed by atoms with van der Waals surface area (Å²) in [6.07, 6.45) is 2.50. The van der Waals surface area contributed by atoms with Gasteiger partial charge < -0.3 is 19.4 Å². The molecule has 0 aliphatic carbocycles. The highest BCUT2D eigenvalue weighted by molar-refractivity contribution is 6.34. The van der Waals surface area contributed by atoms with Crippen LogP contribution in [-0.2, 0) is 20.7 Å². The van der Waals surface area contributed by atoms with E-state index in [1.165, 1.54) is 5.56 Å². The SMILES string of the molecule is CCOC(=O)N1CCN(C(=O)C(=O)N2CCC(Cc3ccccc3)CC2)CC1. The van der Waals surface area contributed by atoms with E-state index in [0.29, 0.717) is 51.8 Å². The third-order valence-corrected chi connectivity index (χ3v) is 5.54. The Morgan fingerprint density at radius 1 is 0.857 bits per heavy atom. The van der Waals surface area contributed by atoms with Crippen LogP contribution >= 0.6 is 0 Å². The van der Waals surface area contributed by atoms with Gasteiger partial charge in [0.2, 0.25) is 0 Å². The van der Waals surface area contributed by atoms with Crippen LogP contribution in [0.2, 0.25) is 0 Å². The van der Waals surface area contributed by atoms with Crippen molar-refractivity contribution in [1.29, 1.82) is 0 Å². The Hall–Kier alpha value is -2.57. The molecule has 0 saturated carbocycles. The lowest BCUT2D eigenvalue weighted by Crippen LogP contribution is -2.55. The Bertz CT molecular complexity index is 678. The minimum absolute atomic E-state index is 0.330. The number of rotatable bonds is 3. The maximum Gasteiger partial charge on any atom is 0.409 e. The number of piperidine rings is 1. The van der Waals surface area contributed by atoms with E-state index in [1.54, 1.807) is 21.6 Å². The number of hydrogen-bond acceptors (Lipinski definition) is 4. The van der Waals surface area contributed by atoms with Crippen LogP contribution in [0.15, 0.2) is 30.3 Å². The Balaban J connectivity index is 1.43. The Morgan fingerprint density at radius 2 is 1.39 bits per heavy atom. The maximum atomic E-state index is 12.6. The first-order valence-electron chi connectivity index (χ1n) is 10.1. The van der Waals surface area contributed by atoms with Crippen LogP contribution in [0.5, 0.6) is 0 Å². The predicted octanol–water partition coefficient (Wildman–Crippen LogP) is 1.77. The molecule has 2 fully saturated rings. The van der Waals surface area contributed by atoms with Crippen LogP contribution in [0, 0.1) is 5.92 Å². The van der Waals surface area contributed by atoms with Crippen molar-refractivity contribution in [2.45, 2.75) is 26.2 Å². The molecule has 2 aliphatic rings. The van der Waals surface area contributed by atoms with Crippen LogP contribution in [0.1, 0.15) is 25.3 Å². The summed E-state index contributed by atoms with van der Waals surface area (Å²) in [5, 5.41) is 0. The van der Waals surface area contributed by atoms with Crippen molar-refractivity contribution in [1.82, 2.24) is 14.7 Å². The van der Waals surface area contributed by atoms with Gasteiger partial charge in [-0.2, -0.15) is 0 Å². The van der Waals surface area contributed by atoms with Gasteiger partial charge in [0.25, 0.3) is 0 Å². The molecule has 0 N–H and O–H groups in total. The van der Waals surface area contributed by atoms with E-state index in [4.69, 9.17) is 4.74 Å². The molecule has 28 heavy (non-hydrogen) atoms. The van der Waals surface area contributed by atoms with Crippen molar-refractivity contribution in [3.8, 4) is 0 Å². The fraction of sp³-hybridized carbons (Fsp3) is 0.571. The van der Waals surface area contributed by atoms with Gasteiger partial charge >= 0.3 is 17.9 Å². The first-order chi connectivity index (χ1) is 13.6. The number of ether oxygens (including phenoxy) is 1. The van der Waals surface area contributed by atoms with Crippen molar-refractivity contribution in [2.24, 2.45) is 5.92 Å². The van der Waals surface area contributed by atoms with E-state index in [1.807, 2.05) is 18.2 Å². The second-order valence-corrected chi connectivity index (χ2v) is 7.40. The van der Waals surface area contributed by atoms with Gasteiger partial charge in [-0.3, -0.25) is 9.59 Å². The first-order valence-corrected chi connectivity index (χ1v) is 10.1. The molecule has 152 valence electrons.